The maximum atomic E-state index is 12.8. The quantitative estimate of drug-likeness (QED) is 0.222. The van der Waals surface area contributed by atoms with E-state index >= 15 is 0 Å². The van der Waals surface area contributed by atoms with Gasteiger partial charge in [0.1, 0.15) is 11.5 Å². The Morgan fingerprint density at radius 3 is 2.38 bits per heavy atom. The maximum Gasteiger partial charge on any atom is 0.314 e. The minimum atomic E-state index is -0.118. The van der Waals surface area contributed by atoms with Crippen LogP contribution in [0.25, 0.3) is 0 Å². The number of esters is 1. The topological polar surface area (TPSA) is 54.0 Å². The average Bonchev–Trinajstić information content (AvgIpc) is 2.82. The third-order valence-corrected chi connectivity index (χ3v) is 6.82. The van der Waals surface area contributed by atoms with Crippen LogP contribution < -0.4 is 9.47 Å². The van der Waals surface area contributed by atoms with Gasteiger partial charge in [0.2, 0.25) is 0 Å². The summed E-state index contributed by atoms with van der Waals surface area (Å²) in [5, 5.41) is 0. The van der Waals surface area contributed by atoms with Gasteiger partial charge < -0.3 is 18.9 Å². The summed E-state index contributed by atoms with van der Waals surface area (Å²) in [4.78, 5) is 12.8. The standard InChI is InChI=1S/C27H42O5/c1-4-6-8-9-21-18-30-27(31-19-21)23-12-10-22(11-13-23)26(28)32-25-15-14-24(17-20(25)3)29-16-7-5-2/h14-15,17,21-23,27H,4-13,16,18-19H2,1-3H3. The SMILES string of the molecule is CCCCCC1COC(C2CCC(C(=O)Oc3ccc(OCCCC)cc3C)CC2)OC1. The molecule has 1 aliphatic carbocycles. The van der Waals surface area contributed by atoms with Gasteiger partial charge in [0, 0.05) is 11.8 Å². The summed E-state index contributed by atoms with van der Waals surface area (Å²) < 4.78 is 23.6. The number of hydrogen-bond donors (Lipinski definition) is 0. The molecule has 0 radical (unpaired) electrons. The van der Waals surface area contributed by atoms with Gasteiger partial charge in [-0.15, -0.1) is 0 Å². The lowest BCUT2D eigenvalue weighted by atomic mass is 9.81. The van der Waals surface area contributed by atoms with Crippen LogP contribution in [0.15, 0.2) is 18.2 Å². The van der Waals surface area contributed by atoms with Crippen molar-refractivity contribution in [3.05, 3.63) is 23.8 Å². The number of rotatable bonds is 11. The van der Waals surface area contributed by atoms with E-state index in [1.807, 2.05) is 25.1 Å². The maximum absolute atomic E-state index is 12.8. The van der Waals surface area contributed by atoms with Gasteiger partial charge >= 0.3 is 5.97 Å². The monoisotopic (exact) mass is 446 g/mol. The highest BCUT2D eigenvalue weighted by Gasteiger charge is 2.35. The number of benzene rings is 1. The molecule has 0 N–H and O–H groups in total. The van der Waals surface area contributed by atoms with Crippen LogP contribution in [0.1, 0.15) is 83.6 Å². The number of unbranched alkanes of at least 4 members (excludes halogenated alkanes) is 3. The molecule has 1 aromatic carbocycles. The van der Waals surface area contributed by atoms with Crippen molar-refractivity contribution < 1.29 is 23.7 Å². The summed E-state index contributed by atoms with van der Waals surface area (Å²) >= 11 is 0. The Bertz CT molecular complexity index is 687. The molecule has 180 valence electrons. The van der Waals surface area contributed by atoms with Crippen molar-refractivity contribution in [3.8, 4) is 11.5 Å². The molecular weight excluding hydrogens is 404 g/mol. The molecule has 5 heteroatoms. The van der Waals surface area contributed by atoms with Gasteiger partial charge in [-0.2, -0.15) is 0 Å². The van der Waals surface area contributed by atoms with E-state index in [9.17, 15) is 4.79 Å². The summed E-state index contributed by atoms with van der Waals surface area (Å²) in [6.07, 6.45) is 10.6. The zero-order chi connectivity index (χ0) is 22.8. The molecule has 2 aliphatic rings. The fourth-order valence-electron chi connectivity index (χ4n) is 4.66. The highest BCUT2D eigenvalue weighted by Crippen LogP contribution is 2.35. The van der Waals surface area contributed by atoms with E-state index in [1.165, 1.54) is 25.7 Å². The van der Waals surface area contributed by atoms with Crippen LogP contribution in [0.2, 0.25) is 0 Å². The van der Waals surface area contributed by atoms with E-state index in [2.05, 4.69) is 13.8 Å². The summed E-state index contributed by atoms with van der Waals surface area (Å²) in [7, 11) is 0. The number of ether oxygens (including phenoxy) is 4. The Kier molecular flexibility index (Phi) is 10.3. The fraction of sp³-hybridized carbons (Fsp3) is 0.741. The third kappa shape index (κ3) is 7.48. The van der Waals surface area contributed by atoms with E-state index in [0.29, 0.717) is 24.2 Å². The first-order valence-electron chi connectivity index (χ1n) is 12.8. The van der Waals surface area contributed by atoms with Crippen LogP contribution in [0, 0.1) is 24.7 Å². The molecule has 1 aliphatic heterocycles. The summed E-state index contributed by atoms with van der Waals surface area (Å²) in [5.74, 6) is 2.22. The van der Waals surface area contributed by atoms with Crippen molar-refractivity contribution in [2.75, 3.05) is 19.8 Å². The third-order valence-electron chi connectivity index (χ3n) is 6.82. The molecule has 0 spiro atoms. The first-order valence-corrected chi connectivity index (χ1v) is 12.8. The van der Waals surface area contributed by atoms with Crippen molar-refractivity contribution in [3.63, 3.8) is 0 Å². The van der Waals surface area contributed by atoms with Crippen LogP contribution in [-0.4, -0.2) is 32.1 Å². The minimum absolute atomic E-state index is 0.0449. The second-order valence-corrected chi connectivity index (χ2v) is 9.56. The van der Waals surface area contributed by atoms with Gasteiger partial charge in [0.15, 0.2) is 6.29 Å². The second kappa shape index (κ2) is 13.2. The Morgan fingerprint density at radius 2 is 1.72 bits per heavy atom. The Hall–Kier alpha value is -1.59. The lowest BCUT2D eigenvalue weighted by molar-refractivity contribution is -0.230. The predicted molar refractivity (Wildman–Crippen MR) is 126 cm³/mol. The van der Waals surface area contributed by atoms with Crippen molar-refractivity contribution in [2.45, 2.75) is 91.3 Å². The molecule has 0 aromatic heterocycles. The molecule has 32 heavy (non-hydrogen) atoms. The molecule has 0 bridgehead atoms. The first kappa shape index (κ1) is 25.0. The number of carbonyl (C=O) groups excluding carboxylic acids is 1. The van der Waals surface area contributed by atoms with Crippen molar-refractivity contribution in [1.82, 2.24) is 0 Å². The predicted octanol–water partition coefficient (Wildman–Crippen LogP) is 6.46. The molecule has 1 saturated heterocycles. The minimum Gasteiger partial charge on any atom is -0.494 e. The summed E-state index contributed by atoms with van der Waals surface area (Å²) in [6.45, 7) is 8.68. The molecule has 1 saturated carbocycles. The van der Waals surface area contributed by atoms with E-state index in [0.717, 1.165) is 63.1 Å². The first-order chi connectivity index (χ1) is 15.6. The molecule has 1 heterocycles. The van der Waals surface area contributed by atoms with Crippen LogP contribution in [0.3, 0.4) is 0 Å². The molecule has 5 nitrogen and oxygen atoms in total. The van der Waals surface area contributed by atoms with Crippen LogP contribution in [0.4, 0.5) is 0 Å². The fourth-order valence-corrected chi connectivity index (χ4v) is 4.66. The molecular formula is C27H42O5. The van der Waals surface area contributed by atoms with Gasteiger partial charge in [-0.3, -0.25) is 4.79 Å². The van der Waals surface area contributed by atoms with Gasteiger partial charge in [0.25, 0.3) is 0 Å². The lowest BCUT2D eigenvalue weighted by Crippen LogP contribution is -2.39. The van der Waals surface area contributed by atoms with Gasteiger partial charge in [-0.1, -0.05) is 39.5 Å². The molecule has 3 rings (SSSR count). The van der Waals surface area contributed by atoms with E-state index < -0.39 is 0 Å². The molecule has 0 unspecified atom stereocenters. The molecule has 0 atom stereocenters. The van der Waals surface area contributed by atoms with Crippen molar-refractivity contribution in [2.24, 2.45) is 17.8 Å². The zero-order valence-corrected chi connectivity index (χ0v) is 20.3. The molecule has 1 aromatic rings. The second-order valence-electron chi connectivity index (χ2n) is 9.56. The highest BCUT2D eigenvalue weighted by molar-refractivity contribution is 5.75. The normalized spacial score (nSPS) is 26.0. The zero-order valence-electron chi connectivity index (χ0n) is 20.3. The number of aryl methyl sites for hydroxylation is 1. The Labute approximate surface area is 194 Å². The number of hydrogen-bond acceptors (Lipinski definition) is 5. The van der Waals surface area contributed by atoms with E-state index in [4.69, 9.17) is 18.9 Å². The lowest BCUT2D eigenvalue weighted by Gasteiger charge is -2.37. The van der Waals surface area contributed by atoms with Gasteiger partial charge in [0.05, 0.1) is 25.7 Å². The number of carbonyl (C=O) groups is 1. The summed E-state index contributed by atoms with van der Waals surface area (Å²) in [5.41, 5.74) is 0.929. The van der Waals surface area contributed by atoms with E-state index in [1.54, 1.807) is 0 Å². The van der Waals surface area contributed by atoms with Crippen LogP contribution in [0.5, 0.6) is 11.5 Å². The molecule has 0 amide bonds. The highest BCUT2D eigenvalue weighted by atomic mass is 16.7. The average molecular weight is 447 g/mol. The largest absolute Gasteiger partial charge is 0.494 e. The summed E-state index contributed by atoms with van der Waals surface area (Å²) in [6, 6.07) is 5.68. The Morgan fingerprint density at radius 1 is 1.00 bits per heavy atom. The Balaban J connectivity index is 1.39. The van der Waals surface area contributed by atoms with Crippen molar-refractivity contribution in [1.29, 1.82) is 0 Å². The van der Waals surface area contributed by atoms with Gasteiger partial charge in [-0.25, -0.2) is 0 Å². The van der Waals surface area contributed by atoms with Gasteiger partial charge in [-0.05, 0) is 69.2 Å². The van der Waals surface area contributed by atoms with Crippen LogP contribution in [-0.2, 0) is 14.3 Å². The smallest absolute Gasteiger partial charge is 0.314 e. The van der Waals surface area contributed by atoms with Crippen LogP contribution >= 0.6 is 0 Å². The molecule has 2 fully saturated rings. The van der Waals surface area contributed by atoms with Crippen molar-refractivity contribution >= 4 is 5.97 Å². The van der Waals surface area contributed by atoms with E-state index in [-0.39, 0.29) is 18.2 Å².